The summed E-state index contributed by atoms with van der Waals surface area (Å²) in [6.45, 7) is 7.05. The molecule has 1 aliphatic rings. The van der Waals surface area contributed by atoms with E-state index in [1.165, 1.54) is 13.2 Å². The molecule has 1 N–H and O–H groups in total. The molecule has 0 unspecified atom stereocenters. The molecule has 1 amide bonds. The van der Waals surface area contributed by atoms with Gasteiger partial charge in [-0.15, -0.1) is 0 Å². The van der Waals surface area contributed by atoms with Crippen LogP contribution in [0.25, 0.3) is 0 Å². The second-order valence-corrected chi connectivity index (χ2v) is 7.12. The monoisotopic (exact) mass is 362 g/mol. The van der Waals surface area contributed by atoms with Gasteiger partial charge in [0.1, 0.15) is 5.60 Å². The van der Waals surface area contributed by atoms with E-state index in [1.54, 1.807) is 17.0 Å². The number of nitrogens with one attached hydrogen (secondary N) is 1. The maximum absolute atomic E-state index is 13.8. The van der Waals surface area contributed by atoms with Crippen molar-refractivity contribution in [2.45, 2.75) is 39.5 Å². The normalized spacial score (nSPS) is 14.0. The molecule has 0 saturated heterocycles. The molecule has 0 bridgehead atoms. The number of aromatic nitrogens is 2. The molecule has 1 aliphatic heterocycles. The Morgan fingerprint density at radius 1 is 1.27 bits per heavy atom. The van der Waals surface area contributed by atoms with Crippen LogP contribution < -0.4 is 10.1 Å². The van der Waals surface area contributed by atoms with Crippen molar-refractivity contribution >= 4 is 17.6 Å². The molecule has 0 radical (unpaired) electrons. The summed E-state index contributed by atoms with van der Waals surface area (Å²) >= 11 is 0. The predicted molar refractivity (Wildman–Crippen MR) is 95.1 cm³/mol. The van der Waals surface area contributed by atoms with Gasteiger partial charge in [-0.05, 0) is 32.9 Å². The Morgan fingerprint density at radius 3 is 2.69 bits per heavy atom. The summed E-state index contributed by atoms with van der Waals surface area (Å²) in [5, 5.41) is 7.53. The van der Waals surface area contributed by atoms with Gasteiger partial charge < -0.3 is 19.7 Å². The van der Waals surface area contributed by atoms with Gasteiger partial charge in [0.15, 0.2) is 17.4 Å². The second kappa shape index (κ2) is 6.86. The number of amides is 1. The van der Waals surface area contributed by atoms with E-state index in [1.807, 2.05) is 31.5 Å². The fraction of sp³-hybridized carbons (Fsp3) is 0.444. The van der Waals surface area contributed by atoms with Gasteiger partial charge in [0.05, 0.1) is 25.9 Å². The predicted octanol–water partition coefficient (Wildman–Crippen LogP) is 3.53. The van der Waals surface area contributed by atoms with Crippen molar-refractivity contribution in [3.05, 3.63) is 35.8 Å². The van der Waals surface area contributed by atoms with Crippen LogP contribution >= 0.6 is 0 Å². The van der Waals surface area contributed by atoms with Crippen molar-refractivity contribution in [1.29, 1.82) is 0 Å². The Kier molecular flexibility index (Phi) is 4.76. The number of anilines is 2. The average molecular weight is 362 g/mol. The van der Waals surface area contributed by atoms with Crippen LogP contribution in [0.2, 0.25) is 0 Å². The molecule has 0 spiro atoms. The first-order valence-corrected chi connectivity index (χ1v) is 8.40. The Bertz CT molecular complexity index is 813. The van der Waals surface area contributed by atoms with E-state index in [9.17, 15) is 9.18 Å². The Labute approximate surface area is 151 Å². The first-order chi connectivity index (χ1) is 12.2. The van der Waals surface area contributed by atoms with Crippen molar-refractivity contribution in [3.8, 4) is 5.75 Å². The Morgan fingerprint density at radius 2 is 2.04 bits per heavy atom. The van der Waals surface area contributed by atoms with Crippen molar-refractivity contribution in [1.82, 2.24) is 14.7 Å². The summed E-state index contributed by atoms with van der Waals surface area (Å²) in [6, 6.07) is 6.47. The fourth-order valence-corrected chi connectivity index (χ4v) is 2.70. The molecule has 1 aromatic heterocycles. The number of benzene rings is 1. The van der Waals surface area contributed by atoms with E-state index in [0.29, 0.717) is 31.1 Å². The van der Waals surface area contributed by atoms with Gasteiger partial charge in [-0.3, -0.25) is 4.68 Å². The lowest BCUT2D eigenvalue weighted by Crippen LogP contribution is -2.41. The number of halogens is 1. The summed E-state index contributed by atoms with van der Waals surface area (Å²) in [5.41, 5.74) is 0.932. The molecular formula is C18H23FN4O3. The largest absolute Gasteiger partial charge is 0.494 e. The van der Waals surface area contributed by atoms with E-state index < -0.39 is 11.4 Å². The number of carbonyl (C=O) groups is 1. The number of carbonyl (C=O) groups excluding carboxylic acids is 1. The summed E-state index contributed by atoms with van der Waals surface area (Å²) < 4.78 is 26.0. The highest BCUT2D eigenvalue weighted by atomic mass is 19.1. The Balaban J connectivity index is 1.69. The van der Waals surface area contributed by atoms with Crippen LogP contribution in [0.15, 0.2) is 24.3 Å². The zero-order chi connectivity index (χ0) is 18.9. The third kappa shape index (κ3) is 4.07. The molecular weight excluding hydrogens is 339 g/mol. The summed E-state index contributed by atoms with van der Waals surface area (Å²) in [5.74, 6) is 0.334. The first kappa shape index (κ1) is 18.0. The second-order valence-electron chi connectivity index (χ2n) is 7.12. The average Bonchev–Trinajstić information content (AvgIpc) is 2.94. The first-order valence-electron chi connectivity index (χ1n) is 8.40. The van der Waals surface area contributed by atoms with E-state index in [4.69, 9.17) is 9.47 Å². The van der Waals surface area contributed by atoms with Gasteiger partial charge >= 0.3 is 6.09 Å². The van der Waals surface area contributed by atoms with Gasteiger partial charge in [-0.2, -0.15) is 5.10 Å². The number of nitrogens with zero attached hydrogens (tertiary/aromatic N) is 3. The van der Waals surface area contributed by atoms with Crippen molar-refractivity contribution < 1.29 is 18.7 Å². The van der Waals surface area contributed by atoms with E-state index >= 15 is 0 Å². The minimum absolute atomic E-state index is 0.188. The van der Waals surface area contributed by atoms with Crippen molar-refractivity contribution in [3.63, 3.8) is 0 Å². The maximum Gasteiger partial charge on any atom is 0.410 e. The minimum atomic E-state index is -0.528. The third-order valence-electron chi connectivity index (χ3n) is 3.87. The molecule has 8 heteroatoms. The van der Waals surface area contributed by atoms with Crippen LogP contribution in [0.3, 0.4) is 0 Å². The molecule has 140 valence electrons. The van der Waals surface area contributed by atoms with Crippen LogP contribution in [-0.4, -0.2) is 40.0 Å². The lowest BCUT2D eigenvalue weighted by Gasteiger charge is -2.30. The highest BCUT2D eigenvalue weighted by molar-refractivity contribution is 5.68. The highest BCUT2D eigenvalue weighted by Crippen LogP contribution is 2.25. The topological polar surface area (TPSA) is 68.6 Å². The van der Waals surface area contributed by atoms with Gasteiger partial charge in [-0.1, -0.05) is 0 Å². The molecule has 2 heterocycles. The summed E-state index contributed by atoms with van der Waals surface area (Å²) in [7, 11) is 1.42. The number of methoxy groups -OCH3 is 1. The molecule has 0 atom stereocenters. The van der Waals surface area contributed by atoms with Crippen LogP contribution in [0, 0.1) is 5.82 Å². The van der Waals surface area contributed by atoms with E-state index in [-0.39, 0.29) is 11.8 Å². The number of fused-ring (bicyclic) bond motifs is 1. The van der Waals surface area contributed by atoms with Crippen LogP contribution in [0.1, 0.15) is 26.5 Å². The molecule has 0 saturated carbocycles. The van der Waals surface area contributed by atoms with Gasteiger partial charge in [0.25, 0.3) is 0 Å². The lowest BCUT2D eigenvalue weighted by atomic mass is 10.2. The van der Waals surface area contributed by atoms with Crippen molar-refractivity contribution in [2.24, 2.45) is 0 Å². The Hall–Kier alpha value is -2.77. The zero-order valence-electron chi connectivity index (χ0n) is 15.4. The zero-order valence-corrected chi connectivity index (χ0v) is 15.4. The van der Waals surface area contributed by atoms with Crippen LogP contribution in [0.4, 0.5) is 20.7 Å². The van der Waals surface area contributed by atoms with E-state index in [0.717, 1.165) is 5.69 Å². The highest BCUT2D eigenvalue weighted by Gasteiger charge is 2.26. The third-order valence-corrected chi connectivity index (χ3v) is 3.87. The molecule has 7 nitrogen and oxygen atoms in total. The molecule has 0 aliphatic carbocycles. The van der Waals surface area contributed by atoms with Crippen LogP contribution in [0.5, 0.6) is 5.75 Å². The maximum atomic E-state index is 13.8. The molecule has 26 heavy (non-hydrogen) atoms. The van der Waals surface area contributed by atoms with Crippen molar-refractivity contribution in [2.75, 3.05) is 19.0 Å². The number of rotatable bonds is 3. The number of hydrogen-bond donors (Lipinski definition) is 1. The number of hydrogen-bond acceptors (Lipinski definition) is 5. The minimum Gasteiger partial charge on any atom is -0.494 e. The van der Waals surface area contributed by atoms with Gasteiger partial charge in [-0.25, -0.2) is 9.18 Å². The molecule has 3 rings (SSSR count). The molecule has 2 aromatic rings. The molecule has 1 aromatic carbocycles. The van der Waals surface area contributed by atoms with Gasteiger partial charge in [0, 0.05) is 24.4 Å². The molecule has 0 fully saturated rings. The number of ether oxygens (including phenoxy) is 2. The SMILES string of the molecule is COc1ccc(Nc2cc3n(n2)CCN(C(=O)OC(C)(C)C)C3)cc1F. The summed E-state index contributed by atoms with van der Waals surface area (Å²) in [6.07, 6.45) is -0.336. The van der Waals surface area contributed by atoms with E-state index in [2.05, 4.69) is 10.4 Å². The lowest BCUT2D eigenvalue weighted by molar-refractivity contribution is 0.0194. The fourth-order valence-electron chi connectivity index (χ4n) is 2.70. The summed E-state index contributed by atoms with van der Waals surface area (Å²) in [4.78, 5) is 13.9. The van der Waals surface area contributed by atoms with Crippen LogP contribution in [-0.2, 0) is 17.8 Å². The standard InChI is InChI=1S/C18H23FN4O3/c1-18(2,3)26-17(24)22-7-8-23-13(11-22)10-16(21-23)20-12-5-6-15(25-4)14(19)9-12/h5-6,9-10H,7-8,11H2,1-4H3,(H,20,21). The smallest absolute Gasteiger partial charge is 0.410 e. The van der Waals surface area contributed by atoms with Gasteiger partial charge in [0.2, 0.25) is 0 Å². The quantitative estimate of drug-likeness (QED) is 0.905.